The van der Waals surface area contributed by atoms with Gasteiger partial charge >= 0.3 is 5.97 Å². The molecule has 5 nitrogen and oxygen atoms in total. The predicted molar refractivity (Wildman–Crippen MR) is 105 cm³/mol. The van der Waals surface area contributed by atoms with Gasteiger partial charge in [0.2, 0.25) is 0 Å². The van der Waals surface area contributed by atoms with Crippen LogP contribution in [0.25, 0.3) is 21.3 Å². The number of aryl methyl sites for hydroxylation is 3. The first-order valence-corrected chi connectivity index (χ1v) is 9.24. The van der Waals surface area contributed by atoms with Crippen molar-refractivity contribution in [3.05, 3.63) is 50.9 Å². The number of benzene rings is 1. The van der Waals surface area contributed by atoms with E-state index in [1.165, 1.54) is 15.9 Å². The Bertz CT molecular complexity index is 1060. The topological polar surface area (TPSA) is 72.2 Å². The lowest BCUT2D eigenvalue weighted by Gasteiger charge is -2.21. The summed E-state index contributed by atoms with van der Waals surface area (Å²) in [6.07, 6.45) is 0. The lowest BCUT2D eigenvalue weighted by molar-refractivity contribution is -0.147. The molecule has 0 saturated heterocycles. The van der Waals surface area contributed by atoms with Gasteiger partial charge in [0, 0.05) is 17.0 Å². The summed E-state index contributed by atoms with van der Waals surface area (Å²) in [5.74, 6) is -0.405. The Hall–Kier alpha value is -2.47. The van der Waals surface area contributed by atoms with Crippen LogP contribution in [0, 0.1) is 26.2 Å². The van der Waals surface area contributed by atoms with E-state index in [4.69, 9.17) is 0 Å². The van der Waals surface area contributed by atoms with Crippen molar-refractivity contribution >= 4 is 27.5 Å². The summed E-state index contributed by atoms with van der Waals surface area (Å²) in [4.78, 5) is 31.1. The molecular formula is C20H22N2O3S. The SMILES string of the molecule is Cc1ccc(-c2c(C)sc3nc(C)n(CC(C)(C)C(=O)O)c(=O)c23)cc1. The molecule has 0 aliphatic carbocycles. The standard InChI is InChI=1S/C20H22N2O3S/c1-11-6-8-14(9-7-11)15-12(2)26-17-16(15)18(23)22(13(3)21-17)10-20(4,5)19(24)25/h6-9H,10H2,1-5H3,(H,24,25). The molecule has 0 radical (unpaired) electrons. The number of fused-ring (bicyclic) bond motifs is 1. The molecule has 0 aliphatic heterocycles. The minimum Gasteiger partial charge on any atom is -0.481 e. The van der Waals surface area contributed by atoms with E-state index in [9.17, 15) is 14.7 Å². The number of carboxylic acids is 1. The fourth-order valence-corrected chi connectivity index (χ4v) is 4.09. The van der Waals surface area contributed by atoms with Crippen LogP contribution in [-0.4, -0.2) is 20.6 Å². The molecule has 0 spiro atoms. The number of carbonyl (C=O) groups is 1. The second-order valence-electron chi connectivity index (χ2n) is 7.32. The molecule has 0 saturated carbocycles. The summed E-state index contributed by atoms with van der Waals surface area (Å²) in [7, 11) is 0. The van der Waals surface area contributed by atoms with Gasteiger partial charge in [0.15, 0.2) is 0 Å². The smallest absolute Gasteiger partial charge is 0.310 e. The monoisotopic (exact) mass is 370 g/mol. The highest BCUT2D eigenvalue weighted by atomic mass is 32.1. The quantitative estimate of drug-likeness (QED) is 0.748. The molecule has 0 fully saturated rings. The molecule has 2 heterocycles. The Morgan fingerprint density at radius 1 is 1.19 bits per heavy atom. The first-order valence-electron chi connectivity index (χ1n) is 8.43. The second kappa shape index (κ2) is 6.36. The van der Waals surface area contributed by atoms with Crippen molar-refractivity contribution < 1.29 is 9.90 Å². The largest absolute Gasteiger partial charge is 0.481 e. The molecule has 0 amide bonds. The Labute approximate surface area is 155 Å². The fraction of sp³-hybridized carbons (Fsp3) is 0.350. The van der Waals surface area contributed by atoms with Gasteiger partial charge in [-0.1, -0.05) is 29.8 Å². The van der Waals surface area contributed by atoms with E-state index in [0.29, 0.717) is 16.0 Å². The van der Waals surface area contributed by atoms with Gasteiger partial charge in [-0.3, -0.25) is 14.2 Å². The number of rotatable bonds is 4. The highest BCUT2D eigenvalue weighted by molar-refractivity contribution is 7.19. The normalized spacial score (nSPS) is 11.9. The molecule has 0 unspecified atom stereocenters. The van der Waals surface area contributed by atoms with E-state index in [1.807, 2.05) is 38.1 Å². The number of aliphatic carboxylic acids is 1. The summed E-state index contributed by atoms with van der Waals surface area (Å²) in [6, 6.07) is 8.06. The molecule has 3 aromatic rings. The fourth-order valence-electron chi connectivity index (χ4n) is 3.01. The van der Waals surface area contributed by atoms with Crippen molar-refractivity contribution in [2.24, 2.45) is 5.41 Å². The number of hydrogen-bond acceptors (Lipinski definition) is 4. The van der Waals surface area contributed by atoms with E-state index in [1.54, 1.807) is 20.8 Å². The second-order valence-corrected chi connectivity index (χ2v) is 8.52. The van der Waals surface area contributed by atoms with Crippen molar-refractivity contribution in [1.82, 2.24) is 9.55 Å². The zero-order valence-electron chi connectivity index (χ0n) is 15.6. The van der Waals surface area contributed by atoms with Crippen LogP contribution in [0.15, 0.2) is 29.1 Å². The highest BCUT2D eigenvalue weighted by Gasteiger charge is 2.30. The van der Waals surface area contributed by atoms with Crippen LogP contribution in [0.3, 0.4) is 0 Å². The van der Waals surface area contributed by atoms with Gasteiger partial charge in [0.1, 0.15) is 10.7 Å². The van der Waals surface area contributed by atoms with E-state index >= 15 is 0 Å². The minimum atomic E-state index is -1.06. The predicted octanol–water partition coefficient (Wildman–Crippen LogP) is 4.16. The Kier molecular flexibility index (Phi) is 4.48. The van der Waals surface area contributed by atoms with Gasteiger partial charge in [0.25, 0.3) is 5.56 Å². The summed E-state index contributed by atoms with van der Waals surface area (Å²) in [5.41, 5.74) is 1.79. The third-order valence-electron chi connectivity index (χ3n) is 4.65. The van der Waals surface area contributed by atoms with Gasteiger partial charge in [-0.2, -0.15) is 0 Å². The van der Waals surface area contributed by atoms with Crippen LogP contribution in [0.5, 0.6) is 0 Å². The Morgan fingerprint density at radius 3 is 2.38 bits per heavy atom. The van der Waals surface area contributed by atoms with Crippen molar-refractivity contribution in [2.45, 2.75) is 41.2 Å². The third kappa shape index (κ3) is 3.05. The number of aromatic nitrogens is 2. The number of nitrogens with zero attached hydrogens (tertiary/aromatic N) is 2. The molecule has 0 atom stereocenters. The summed E-state index contributed by atoms with van der Waals surface area (Å²) >= 11 is 1.50. The van der Waals surface area contributed by atoms with Crippen molar-refractivity contribution in [3.8, 4) is 11.1 Å². The Balaban J connectivity index is 2.28. The maximum atomic E-state index is 13.3. The molecule has 0 aliphatic rings. The number of thiophene rings is 1. The maximum absolute atomic E-state index is 13.3. The third-order valence-corrected chi connectivity index (χ3v) is 5.65. The average molecular weight is 370 g/mol. The molecular weight excluding hydrogens is 348 g/mol. The van der Waals surface area contributed by atoms with Crippen molar-refractivity contribution in [3.63, 3.8) is 0 Å². The molecule has 3 rings (SSSR count). The van der Waals surface area contributed by atoms with Gasteiger partial charge in [0.05, 0.1) is 10.8 Å². The van der Waals surface area contributed by atoms with E-state index in [-0.39, 0.29) is 12.1 Å². The minimum absolute atomic E-state index is 0.0815. The van der Waals surface area contributed by atoms with E-state index < -0.39 is 11.4 Å². The molecule has 26 heavy (non-hydrogen) atoms. The average Bonchev–Trinajstić information content (AvgIpc) is 2.88. The van der Waals surface area contributed by atoms with Gasteiger partial charge in [-0.15, -0.1) is 11.3 Å². The van der Waals surface area contributed by atoms with Gasteiger partial charge in [-0.05, 0) is 40.2 Å². The first-order chi connectivity index (χ1) is 12.1. The first kappa shape index (κ1) is 18.3. The van der Waals surface area contributed by atoms with E-state index in [2.05, 4.69) is 4.98 Å². The van der Waals surface area contributed by atoms with Crippen molar-refractivity contribution in [2.75, 3.05) is 0 Å². The lowest BCUT2D eigenvalue weighted by Crippen LogP contribution is -2.35. The zero-order chi connectivity index (χ0) is 19.2. The summed E-state index contributed by atoms with van der Waals surface area (Å²) in [5, 5.41) is 10.00. The molecule has 0 bridgehead atoms. The zero-order valence-corrected chi connectivity index (χ0v) is 16.4. The molecule has 1 N–H and O–H groups in total. The maximum Gasteiger partial charge on any atom is 0.310 e. The number of carboxylic acid groups (broad SMARTS) is 1. The summed E-state index contributed by atoms with van der Waals surface area (Å²) < 4.78 is 1.49. The lowest BCUT2D eigenvalue weighted by atomic mass is 9.93. The number of hydrogen-bond donors (Lipinski definition) is 1. The molecule has 2 aromatic heterocycles. The molecule has 6 heteroatoms. The van der Waals surface area contributed by atoms with Crippen LogP contribution in [0.4, 0.5) is 0 Å². The highest BCUT2D eigenvalue weighted by Crippen LogP contribution is 2.36. The van der Waals surface area contributed by atoms with E-state index in [0.717, 1.165) is 21.6 Å². The molecule has 1 aromatic carbocycles. The van der Waals surface area contributed by atoms with Gasteiger partial charge in [-0.25, -0.2) is 4.98 Å². The van der Waals surface area contributed by atoms with Crippen molar-refractivity contribution in [1.29, 1.82) is 0 Å². The van der Waals surface area contributed by atoms with Gasteiger partial charge < -0.3 is 5.11 Å². The van der Waals surface area contributed by atoms with Crippen LogP contribution < -0.4 is 5.56 Å². The Morgan fingerprint density at radius 2 is 1.81 bits per heavy atom. The van der Waals surface area contributed by atoms with Crippen LogP contribution in [0.2, 0.25) is 0 Å². The molecule has 136 valence electrons. The van der Waals surface area contributed by atoms with Crippen LogP contribution in [-0.2, 0) is 11.3 Å². The van der Waals surface area contributed by atoms with Crippen LogP contribution in [0.1, 0.15) is 30.1 Å². The van der Waals surface area contributed by atoms with Crippen LogP contribution >= 0.6 is 11.3 Å². The summed E-state index contributed by atoms with van der Waals surface area (Å²) in [6.45, 7) is 9.07.